The molecule has 5 heteroatoms. The van der Waals surface area contributed by atoms with Crippen molar-refractivity contribution in [3.63, 3.8) is 0 Å². The van der Waals surface area contributed by atoms with Gasteiger partial charge in [-0.1, -0.05) is 6.92 Å². The first-order valence-electron chi connectivity index (χ1n) is 6.47. The van der Waals surface area contributed by atoms with E-state index in [1.807, 2.05) is 19.9 Å². The summed E-state index contributed by atoms with van der Waals surface area (Å²) < 4.78 is 37.0. The van der Waals surface area contributed by atoms with E-state index in [4.69, 9.17) is 9.15 Å². The Morgan fingerprint density at radius 3 is 2.75 bits per heavy atom. The van der Waals surface area contributed by atoms with E-state index in [0.29, 0.717) is 5.76 Å². The summed E-state index contributed by atoms with van der Waals surface area (Å²) in [5.41, 5.74) is 1.05. The van der Waals surface area contributed by atoms with Gasteiger partial charge in [0, 0.05) is 18.2 Å². The molecule has 1 aromatic heterocycles. The minimum absolute atomic E-state index is 0.00804. The molecule has 3 nitrogen and oxygen atoms in total. The van der Waals surface area contributed by atoms with E-state index >= 15 is 0 Å². The molecular formula is C15H17F2NO2. The normalized spacial score (nSPS) is 10.8. The van der Waals surface area contributed by atoms with Crippen molar-refractivity contribution in [2.24, 2.45) is 0 Å². The van der Waals surface area contributed by atoms with Gasteiger partial charge in [0.05, 0.1) is 0 Å². The monoisotopic (exact) mass is 281 g/mol. The highest BCUT2D eigenvalue weighted by molar-refractivity contribution is 5.25. The Bertz CT molecular complexity index is 581. The van der Waals surface area contributed by atoms with Gasteiger partial charge in [-0.05, 0) is 31.7 Å². The molecule has 0 atom stereocenters. The van der Waals surface area contributed by atoms with E-state index < -0.39 is 11.6 Å². The summed E-state index contributed by atoms with van der Waals surface area (Å²) in [5.74, 6) is 0.0784. The molecule has 0 amide bonds. The summed E-state index contributed by atoms with van der Waals surface area (Å²) in [6.07, 6.45) is 0. The molecule has 1 heterocycles. The van der Waals surface area contributed by atoms with Crippen LogP contribution >= 0.6 is 0 Å². The number of aryl methyl sites for hydroxylation is 1. The molecule has 1 aromatic carbocycles. The van der Waals surface area contributed by atoms with Gasteiger partial charge >= 0.3 is 0 Å². The van der Waals surface area contributed by atoms with Crippen LogP contribution in [0.3, 0.4) is 0 Å². The first-order valence-corrected chi connectivity index (χ1v) is 6.47. The highest BCUT2D eigenvalue weighted by Gasteiger charge is 2.09. The number of nitrogens with one attached hydrogen (secondary N) is 1. The summed E-state index contributed by atoms with van der Waals surface area (Å²) >= 11 is 0. The van der Waals surface area contributed by atoms with Crippen molar-refractivity contribution in [2.75, 3.05) is 6.54 Å². The molecule has 0 aliphatic rings. The van der Waals surface area contributed by atoms with Gasteiger partial charge in [0.2, 0.25) is 0 Å². The maximum atomic E-state index is 13.4. The molecule has 20 heavy (non-hydrogen) atoms. The summed E-state index contributed by atoms with van der Waals surface area (Å²) in [5, 5.41) is 3.21. The van der Waals surface area contributed by atoms with E-state index in [2.05, 4.69) is 5.32 Å². The van der Waals surface area contributed by atoms with Crippen LogP contribution in [0, 0.1) is 18.6 Å². The number of hydrogen-bond acceptors (Lipinski definition) is 3. The molecule has 1 N–H and O–H groups in total. The lowest BCUT2D eigenvalue weighted by Gasteiger charge is -2.05. The van der Waals surface area contributed by atoms with Gasteiger partial charge in [-0.25, -0.2) is 8.78 Å². The highest BCUT2D eigenvalue weighted by atomic mass is 19.1. The van der Waals surface area contributed by atoms with Gasteiger partial charge in [0.1, 0.15) is 23.9 Å². The van der Waals surface area contributed by atoms with E-state index in [0.717, 1.165) is 36.5 Å². The Kier molecular flexibility index (Phi) is 4.74. The fourth-order valence-electron chi connectivity index (χ4n) is 1.84. The molecule has 0 bridgehead atoms. The summed E-state index contributed by atoms with van der Waals surface area (Å²) in [6.45, 7) is 5.59. The second-order valence-electron chi connectivity index (χ2n) is 4.44. The van der Waals surface area contributed by atoms with Crippen molar-refractivity contribution < 1.29 is 17.9 Å². The lowest BCUT2D eigenvalue weighted by molar-refractivity contribution is 0.255. The Morgan fingerprint density at radius 2 is 2.05 bits per heavy atom. The van der Waals surface area contributed by atoms with Crippen LogP contribution in [0.15, 0.2) is 28.7 Å². The Hall–Kier alpha value is -1.88. The minimum Gasteiger partial charge on any atom is -0.483 e. The average Bonchev–Trinajstić information content (AvgIpc) is 2.76. The second kappa shape index (κ2) is 6.52. The van der Waals surface area contributed by atoms with Crippen LogP contribution in [0.25, 0.3) is 0 Å². The molecule has 0 spiro atoms. The van der Waals surface area contributed by atoms with Crippen molar-refractivity contribution in [1.82, 2.24) is 5.32 Å². The molecule has 0 radical (unpaired) electrons. The summed E-state index contributed by atoms with van der Waals surface area (Å²) in [6, 6.07) is 5.08. The van der Waals surface area contributed by atoms with E-state index in [1.165, 1.54) is 6.07 Å². The maximum absolute atomic E-state index is 13.4. The summed E-state index contributed by atoms with van der Waals surface area (Å²) in [7, 11) is 0. The van der Waals surface area contributed by atoms with Crippen molar-refractivity contribution in [3.05, 3.63) is 53.0 Å². The van der Waals surface area contributed by atoms with Crippen LogP contribution < -0.4 is 10.1 Å². The molecular weight excluding hydrogens is 264 g/mol. The van der Waals surface area contributed by atoms with Crippen LogP contribution in [-0.2, 0) is 13.2 Å². The van der Waals surface area contributed by atoms with Crippen LogP contribution in [0.1, 0.15) is 24.0 Å². The Labute approximate surface area is 116 Å². The smallest absolute Gasteiger partial charge is 0.167 e. The lowest BCUT2D eigenvalue weighted by atomic mass is 10.2. The lowest BCUT2D eigenvalue weighted by Crippen LogP contribution is -2.11. The molecule has 2 rings (SSSR count). The number of benzene rings is 1. The van der Waals surface area contributed by atoms with Crippen LogP contribution in [0.4, 0.5) is 8.78 Å². The molecule has 0 aliphatic carbocycles. The van der Waals surface area contributed by atoms with Crippen molar-refractivity contribution >= 4 is 0 Å². The minimum atomic E-state index is -0.721. The summed E-state index contributed by atoms with van der Waals surface area (Å²) in [4.78, 5) is 0. The van der Waals surface area contributed by atoms with Gasteiger partial charge in [-0.15, -0.1) is 0 Å². The fraction of sp³-hybridized carbons (Fsp3) is 0.333. The molecule has 0 saturated heterocycles. The molecule has 108 valence electrons. The van der Waals surface area contributed by atoms with Gasteiger partial charge in [-0.2, -0.15) is 0 Å². The molecule has 0 saturated carbocycles. The van der Waals surface area contributed by atoms with E-state index in [1.54, 1.807) is 0 Å². The van der Waals surface area contributed by atoms with Crippen molar-refractivity contribution in [2.45, 2.75) is 27.0 Å². The maximum Gasteiger partial charge on any atom is 0.167 e. The topological polar surface area (TPSA) is 34.4 Å². The van der Waals surface area contributed by atoms with E-state index in [-0.39, 0.29) is 12.4 Å². The van der Waals surface area contributed by atoms with Crippen molar-refractivity contribution in [1.29, 1.82) is 0 Å². The molecule has 2 aromatic rings. The largest absolute Gasteiger partial charge is 0.483 e. The first kappa shape index (κ1) is 14.5. The van der Waals surface area contributed by atoms with Gasteiger partial charge in [0.15, 0.2) is 11.6 Å². The molecule has 0 fully saturated rings. The fourth-order valence-corrected chi connectivity index (χ4v) is 1.84. The van der Waals surface area contributed by atoms with Gasteiger partial charge in [0.25, 0.3) is 0 Å². The third kappa shape index (κ3) is 3.57. The van der Waals surface area contributed by atoms with E-state index in [9.17, 15) is 8.78 Å². The zero-order valence-corrected chi connectivity index (χ0v) is 11.5. The predicted octanol–water partition coefficient (Wildman–Crippen LogP) is 3.55. The number of ether oxygens (including phenoxy) is 1. The second-order valence-corrected chi connectivity index (χ2v) is 4.44. The number of hydrogen-bond donors (Lipinski definition) is 1. The van der Waals surface area contributed by atoms with Crippen LogP contribution in [0.5, 0.6) is 5.75 Å². The zero-order chi connectivity index (χ0) is 14.5. The SMILES string of the molecule is CCNCc1cc(COc2ccc(F)cc2F)oc1C. The molecule has 0 aliphatic heterocycles. The standard InChI is InChI=1S/C15H17F2NO2/c1-3-18-8-11-6-13(20-10(11)2)9-19-15-5-4-12(16)7-14(15)17/h4-7,18H,3,8-9H2,1-2H3. The third-order valence-electron chi connectivity index (χ3n) is 2.90. The predicted molar refractivity (Wildman–Crippen MR) is 71.5 cm³/mol. The van der Waals surface area contributed by atoms with Crippen LogP contribution in [0.2, 0.25) is 0 Å². The number of furan rings is 1. The van der Waals surface area contributed by atoms with Gasteiger partial charge in [-0.3, -0.25) is 0 Å². The first-order chi connectivity index (χ1) is 9.60. The van der Waals surface area contributed by atoms with Crippen molar-refractivity contribution in [3.8, 4) is 5.75 Å². The zero-order valence-electron chi connectivity index (χ0n) is 11.5. The average molecular weight is 281 g/mol. The highest BCUT2D eigenvalue weighted by Crippen LogP contribution is 2.21. The quantitative estimate of drug-likeness (QED) is 0.879. The molecule has 0 unspecified atom stereocenters. The van der Waals surface area contributed by atoms with Crippen LogP contribution in [-0.4, -0.2) is 6.54 Å². The Balaban J connectivity index is 2.00. The van der Waals surface area contributed by atoms with Gasteiger partial charge < -0.3 is 14.5 Å². The Morgan fingerprint density at radius 1 is 1.25 bits per heavy atom. The number of rotatable bonds is 6. The third-order valence-corrected chi connectivity index (χ3v) is 2.90. The number of halogens is 2.